The highest BCUT2D eigenvalue weighted by molar-refractivity contribution is 5.84. The molecule has 3 nitrogen and oxygen atoms in total. The van der Waals surface area contributed by atoms with E-state index in [1.807, 2.05) is 0 Å². The van der Waals surface area contributed by atoms with Gasteiger partial charge < -0.3 is 14.7 Å². The molecule has 0 aliphatic rings. The van der Waals surface area contributed by atoms with E-state index in [2.05, 4.69) is 315 Å². The average molecular weight is 1080 g/mol. The van der Waals surface area contributed by atoms with Crippen LogP contribution in [0.15, 0.2) is 279 Å². The van der Waals surface area contributed by atoms with E-state index < -0.39 is 0 Å². The second-order valence-electron chi connectivity index (χ2n) is 22.3. The molecule has 0 amide bonds. The van der Waals surface area contributed by atoms with Gasteiger partial charge in [0.1, 0.15) is 0 Å². The molecule has 0 saturated carbocycles. The van der Waals surface area contributed by atoms with Gasteiger partial charge in [-0.15, -0.1) is 0 Å². The van der Waals surface area contributed by atoms with E-state index in [1.54, 1.807) is 0 Å². The van der Waals surface area contributed by atoms with Crippen molar-refractivity contribution in [2.24, 2.45) is 0 Å². The SMILES string of the molecule is CCCCCCCCCCCCc1ccc(-c2ccc(N(C)c3ccc(-c4ccc(N(c5ccc(-c6ccccc6)cc5)c5ccc(N(c6ccc(-c7ccccc7)cc6)c6ccc(-c7ccc(C)cc7)cc6)cc5)cc4)cc3)cc2)cc1. The molecule has 11 rings (SSSR count). The first kappa shape index (κ1) is 55.7. The van der Waals surface area contributed by atoms with Gasteiger partial charge in [-0.25, -0.2) is 0 Å². The van der Waals surface area contributed by atoms with Crippen molar-refractivity contribution in [2.75, 3.05) is 21.7 Å². The van der Waals surface area contributed by atoms with Gasteiger partial charge in [-0.3, -0.25) is 0 Å². The summed E-state index contributed by atoms with van der Waals surface area (Å²) >= 11 is 0. The molecule has 3 heteroatoms. The van der Waals surface area contributed by atoms with Crippen molar-refractivity contribution in [3.8, 4) is 55.6 Å². The highest BCUT2D eigenvalue weighted by Gasteiger charge is 2.18. The highest BCUT2D eigenvalue weighted by Crippen LogP contribution is 2.42. The molecular weight excluding hydrogens is 1000 g/mol. The molecule has 11 aromatic carbocycles. The van der Waals surface area contributed by atoms with Crippen molar-refractivity contribution in [1.82, 2.24) is 0 Å². The lowest BCUT2D eigenvalue weighted by atomic mass is 10.00. The number of unbranched alkanes of at least 4 members (excludes halogenated alkanes) is 9. The Hall–Kier alpha value is -9.18. The first-order valence-corrected chi connectivity index (χ1v) is 30.3. The van der Waals surface area contributed by atoms with Crippen molar-refractivity contribution in [3.05, 3.63) is 290 Å². The van der Waals surface area contributed by atoms with Crippen LogP contribution < -0.4 is 14.7 Å². The molecule has 0 saturated heterocycles. The fourth-order valence-corrected chi connectivity index (χ4v) is 11.4. The molecule has 0 spiro atoms. The maximum absolute atomic E-state index is 2.36. The Morgan fingerprint density at radius 2 is 0.458 bits per heavy atom. The molecule has 0 unspecified atom stereocenters. The van der Waals surface area contributed by atoms with Crippen molar-refractivity contribution < 1.29 is 0 Å². The Labute approximate surface area is 494 Å². The first-order chi connectivity index (χ1) is 40.9. The van der Waals surface area contributed by atoms with Gasteiger partial charge in [0, 0.05) is 52.5 Å². The second kappa shape index (κ2) is 27.5. The molecule has 0 N–H and O–H groups in total. The molecule has 0 aromatic heterocycles. The molecule has 0 bridgehead atoms. The van der Waals surface area contributed by atoms with Crippen LogP contribution in [0.4, 0.5) is 45.5 Å². The van der Waals surface area contributed by atoms with Gasteiger partial charge in [0.05, 0.1) is 0 Å². The largest absolute Gasteiger partial charge is 0.345 e. The van der Waals surface area contributed by atoms with Crippen LogP contribution in [0.1, 0.15) is 82.3 Å². The molecule has 11 aromatic rings. The molecule has 0 radical (unpaired) electrons. The first-order valence-electron chi connectivity index (χ1n) is 30.3. The van der Waals surface area contributed by atoms with Crippen LogP contribution in [-0.4, -0.2) is 7.05 Å². The van der Waals surface area contributed by atoms with Crippen molar-refractivity contribution in [2.45, 2.75) is 84.5 Å². The summed E-state index contributed by atoms with van der Waals surface area (Å²) < 4.78 is 0. The third-order valence-electron chi connectivity index (χ3n) is 16.4. The number of benzene rings is 11. The summed E-state index contributed by atoms with van der Waals surface area (Å²) in [6, 6.07) is 102. The van der Waals surface area contributed by atoms with Gasteiger partial charge in [-0.05, 0) is 178 Å². The van der Waals surface area contributed by atoms with Gasteiger partial charge in [-0.1, -0.05) is 252 Å². The van der Waals surface area contributed by atoms with E-state index in [4.69, 9.17) is 0 Å². The number of hydrogen-bond donors (Lipinski definition) is 0. The molecule has 0 aliphatic heterocycles. The molecular formula is C80H77N3. The highest BCUT2D eigenvalue weighted by atomic mass is 15.2. The van der Waals surface area contributed by atoms with Crippen LogP contribution in [0.25, 0.3) is 55.6 Å². The summed E-state index contributed by atoms with van der Waals surface area (Å²) in [7, 11) is 2.15. The number of anilines is 8. The topological polar surface area (TPSA) is 9.72 Å². The molecule has 0 heterocycles. The van der Waals surface area contributed by atoms with Crippen LogP contribution in [0.2, 0.25) is 0 Å². The Balaban J connectivity index is 0.798. The van der Waals surface area contributed by atoms with E-state index in [9.17, 15) is 0 Å². The Bertz CT molecular complexity index is 3710. The summed E-state index contributed by atoms with van der Waals surface area (Å²) in [6.07, 6.45) is 14.9. The van der Waals surface area contributed by atoms with Crippen LogP contribution in [0.5, 0.6) is 0 Å². The summed E-state index contributed by atoms with van der Waals surface area (Å²) in [5, 5.41) is 0. The zero-order valence-electron chi connectivity index (χ0n) is 48.7. The van der Waals surface area contributed by atoms with Gasteiger partial charge in [0.15, 0.2) is 0 Å². The smallest absolute Gasteiger partial charge is 0.0463 e. The summed E-state index contributed by atoms with van der Waals surface area (Å²) in [4.78, 5) is 6.97. The normalized spacial score (nSPS) is 11.1. The maximum atomic E-state index is 2.36. The van der Waals surface area contributed by atoms with Crippen molar-refractivity contribution in [3.63, 3.8) is 0 Å². The predicted molar refractivity (Wildman–Crippen MR) is 358 cm³/mol. The van der Waals surface area contributed by atoms with Gasteiger partial charge in [0.25, 0.3) is 0 Å². The average Bonchev–Trinajstić information content (AvgIpc) is 3.72. The fraction of sp³-hybridized carbons (Fsp3) is 0.175. The minimum Gasteiger partial charge on any atom is -0.345 e. The monoisotopic (exact) mass is 1080 g/mol. The fourth-order valence-electron chi connectivity index (χ4n) is 11.4. The second-order valence-corrected chi connectivity index (χ2v) is 22.3. The molecule has 0 atom stereocenters. The van der Waals surface area contributed by atoms with Crippen LogP contribution in [0, 0.1) is 6.92 Å². The summed E-state index contributed by atoms with van der Waals surface area (Å²) in [6.45, 7) is 4.43. The van der Waals surface area contributed by atoms with E-state index in [1.165, 1.54) is 137 Å². The minimum absolute atomic E-state index is 1.07. The Morgan fingerprint density at radius 3 is 0.759 bits per heavy atom. The number of rotatable bonds is 24. The number of nitrogens with zero attached hydrogens (tertiary/aromatic N) is 3. The van der Waals surface area contributed by atoms with E-state index in [-0.39, 0.29) is 0 Å². The van der Waals surface area contributed by atoms with Crippen molar-refractivity contribution in [1.29, 1.82) is 0 Å². The molecule has 83 heavy (non-hydrogen) atoms. The predicted octanol–water partition coefficient (Wildman–Crippen LogP) is 23.5. The third kappa shape index (κ3) is 14.1. The lowest BCUT2D eigenvalue weighted by molar-refractivity contribution is 0.556. The Morgan fingerprint density at radius 1 is 0.229 bits per heavy atom. The van der Waals surface area contributed by atoms with E-state index in [0.29, 0.717) is 0 Å². The molecule has 0 aliphatic carbocycles. The van der Waals surface area contributed by atoms with Crippen LogP contribution in [0.3, 0.4) is 0 Å². The minimum atomic E-state index is 1.07. The molecule has 0 fully saturated rings. The lowest BCUT2D eigenvalue weighted by Gasteiger charge is -2.29. The number of hydrogen-bond acceptors (Lipinski definition) is 3. The summed E-state index contributed by atoms with van der Waals surface area (Å²) in [5.41, 5.74) is 23.5. The quantitative estimate of drug-likeness (QED) is 0.0559. The van der Waals surface area contributed by atoms with E-state index in [0.717, 1.165) is 45.5 Å². The van der Waals surface area contributed by atoms with Crippen LogP contribution in [-0.2, 0) is 6.42 Å². The lowest BCUT2D eigenvalue weighted by Crippen LogP contribution is -2.12. The molecule has 412 valence electrons. The zero-order valence-corrected chi connectivity index (χ0v) is 48.7. The van der Waals surface area contributed by atoms with Crippen LogP contribution >= 0.6 is 0 Å². The van der Waals surface area contributed by atoms with Crippen molar-refractivity contribution >= 4 is 45.5 Å². The number of aryl methyl sites for hydroxylation is 2. The zero-order chi connectivity index (χ0) is 56.6. The van der Waals surface area contributed by atoms with E-state index >= 15 is 0 Å². The maximum Gasteiger partial charge on any atom is 0.0463 e. The van der Waals surface area contributed by atoms with Gasteiger partial charge >= 0.3 is 0 Å². The third-order valence-corrected chi connectivity index (χ3v) is 16.4. The standard InChI is InChI=1S/C80H77N3/c1-4-5-6-7-8-9-10-11-12-15-20-62-27-31-66(32-28-62)69-33-45-73(46-34-69)81(3)74-47-35-70(36-48-74)72-43-55-78(56-44-72)83(76-51-39-68(40-52-76)64-23-18-14-19-24-64)80-59-57-79(58-60-80)82(75-49-37-67(38-50-75)63-21-16-13-17-22-63)77-53-41-71(42-54-77)65-29-25-61(2)26-30-65/h13-14,16-19,21-60H,4-12,15,20H2,1-3H3. The van der Waals surface area contributed by atoms with Gasteiger partial charge in [-0.2, -0.15) is 0 Å². The summed E-state index contributed by atoms with van der Waals surface area (Å²) in [5.74, 6) is 0. The Kier molecular flexibility index (Phi) is 18.5. The van der Waals surface area contributed by atoms with Gasteiger partial charge in [0.2, 0.25) is 0 Å².